The number of methoxy groups -OCH3 is 1. The molecular weight excluding hydrogens is 727 g/mol. The number of rotatable bonds is 13. The first-order valence-electron chi connectivity index (χ1n) is 18.0. The summed E-state index contributed by atoms with van der Waals surface area (Å²) < 4.78 is 44.7. The number of fused-ring (bicyclic) bond motifs is 1. The van der Waals surface area contributed by atoms with E-state index in [1.54, 1.807) is 52.1 Å². The van der Waals surface area contributed by atoms with Crippen LogP contribution in [0.3, 0.4) is 0 Å². The quantitative estimate of drug-likeness (QED) is 0.170. The lowest BCUT2D eigenvalue weighted by Gasteiger charge is -2.35. The van der Waals surface area contributed by atoms with Crippen LogP contribution < -0.4 is 24.8 Å². The van der Waals surface area contributed by atoms with Crippen LogP contribution >= 0.6 is 0 Å². The number of sulfonamides is 1. The second-order valence-electron chi connectivity index (χ2n) is 15.2. The third-order valence-corrected chi connectivity index (χ3v) is 11.9. The summed E-state index contributed by atoms with van der Waals surface area (Å²) in [6, 6.07) is 15.4. The molecule has 2 saturated carbocycles. The van der Waals surface area contributed by atoms with Crippen LogP contribution in [0.4, 0.5) is 4.79 Å². The number of hydrogen-bond donors (Lipinski definition) is 3. The molecule has 3 aromatic rings. The smallest absolute Gasteiger partial charge is 0.408 e. The summed E-state index contributed by atoms with van der Waals surface area (Å²) in [6.45, 7) is 8.62. The third-order valence-electron chi connectivity index (χ3n) is 10.1. The van der Waals surface area contributed by atoms with Gasteiger partial charge >= 0.3 is 6.09 Å². The van der Waals surface area contributed by atoms with Crippen molar-refractivity contribution in [3.05, 3.63) is 67.3 Å². The van der Waals surface area contributed by atoms with Crippen LogP contribution in [-0.4, -0.2) is 85.4 Å². The van der Waals surface area contributed by atoms with E-state index in [-0.39, 0.29) is 26.0 Å². The largest absolute Gasteiger partial charge is 0.497 e. The van der Waals surface area contributed by atoms with Crippen LogP contribution in [0, 0.1) is 29.6 Å². The highest BCUT2D eigenvalue weighted by atomic mass is 32.2. The van der Waals surface area contributed by atoms with Gasteiger partial charge in [-0.05, 0) is 36.8 Å². The molecule has 15 heteroatoms. The van der Waals surface area contributed by atoms with Gasteiger partial charge in [0.25, 0.3) is 5.91 Å². The summed E-state index contributed by atoms with van der Waals surface area (Å²) in [5.41, 5.74) is -0.395. The van der Waals surface area contributed by atoms with Gasteiger partial charge in [-0.25, -0.2) is 18.2 Å². The Balaban J connectivity index is 1.35. The second kappa shape index (κ2) is 15.3. The maximum atomic E-state index is 14.6. The molecule has 2 aliphatic carbocycles. The highest BCUT2D eigenvalue weighted by Gasteiger charge is 2.61. The van der Waals surface area contributed by atoms with Crippen molar-refractivity contribution < 1.29 is 41.8 Å². The van der Waals surface area contributed by atoms with Crippen LogP contribution in [0.1, 0.15) is 46.5 Å². The van der Waals surface area contributed by atoms with Crippen LogP contribution in [0.25, 0.3) is 22.2 Å². The molecule has 1 saturated heterocycles. The summed E-state index contributed by atoms with van der Waals surface area (Å²) in [4.78, 5) is 61.1. The van der Waals surface area contributed by atoms with Gasteiger partial charge in [0, 0.05) is 42.0 Å². The Bertz CT molecular complexity index is 2160. The molecule has 0 unspecified atom stereocenters. The fraction of sp³-hybridized carbons (Fsp3) is 0.425. The molecule has 3 aliphatic rings. The maximum absolute atomic E-state index is 14.6. The minimum absolute atomic E-state index is 0.00650. The zero-order valence-corrected chi connectivity index (χ0v) is 32.0. The molecule has 2 aromatic carbocycles. The topological polar surface area (TPSA) is 182 Å². The van der Waals surface area contributed by atoms with Crippen LogP contribution in [0.2, 0.25) is 0 Å². The minimum Gasteiger partial charge on any atom is -0.497 e. The van der Waals surface area contributed by atoms with E-state index in [4.69, 9.17) is 25.6 Å². The molecule has 3 N–H and O–H groups in total. The molecule has 0 radical (unpaired) electrons. The number of benzene rings is 2. The standard InChI is InChI=1S/C40H45N5O9S/c1-7-18-53-38(49)42-34(39(3,4)5)36(47)45-23-25(35(46)43-40(22-26(40)8-2)37(48)44-55(50,51)28-15-16-28)19-33(45)54-32-21-30(24-12-10-9-11-13-24)41-31-20-27(52-6)14-17-29(31)32/h1,8-14,17,20-21,25-26,28,33-34H,2,15-16,18-19,22-23H2,3-6H3,(H,42,49)(H,43,46)(H,44,48)/t25-,26-,33+,34-,40-/m1/s1. The Labute approximate surface area is 320 Å². The van der Waals surface area contributed by atoms with E-state index < -0.39 is 74.1 Å². The zero-order chi connectivity index (χ0) is 39.7. The van der Waals surface area contributed by atoms with E-state index >= 15 is 0 Å². The molecule has 3 fully saturated rings. The summed E-state index contributed by atoms with van der Waals surface area (Å²) >= 11 is 0. The normalized spacial score (nSPS) is 22.5. The van der Waals surface area contributed by atoms with Crippen molar-refractivity contribution in [2.75, 3.05) is 20.3 Å². The minimum atomic E-state index is -3.89. The average molecular weight is 772 g/mol. The van der Waals surface area contributed by atoms with E-state index in [0.717, 1.165) is 5.56 Å². The van der Waals surface area contributed by atoms with Crippen molar-refractivity contribution in [3.63, 3.8) is 0 Å². The van der Waals surface area contributed by atoms with Gasteiger partial charge in [-0.15, -0.1) is 13.0 Å². The summed E-state index contributed by atoms with van der Waals surface area (Å²) in [5, 5.41) is 5.42. The van der Waals surface area contributed by atoms with Crippen molar-refractivity contribution in [1.29, 1.82) is 0 Å². The third kappa shape index (κ3) is 8.39. The van der Waals surface area contributed by atoms with Gasteiger partial charge in [0.1, 0.15) is 23.1 Å². The van der Waals surface area contributed by atoms with Gasteiger partial charge in [-0.3, -0.25) is 19.1 Å². The predicted octanol–water partition coefficient (Wildman–Crippen LogP) is 3.91. The zero-order valence-electron chi connectivity index (χ0n) is 31.2. The fourth-order valence-electron chi connectivity index (χ4n) is 6.76. The number of aromatic nitrogens is 1. The molecule has 4 amide bonds. The van der Waals surface area contributed by atoms with Gasteiger partial charge in [-0.2, -0.15) is 0 Å². The van der Waals surface area contributed by atoms with Crippen LogP contribution in [-0.2, 0) is 29.1 Å². The molecule has 14 nitrogen and oxygen atoms in total. The highest BCUT2D eigenvalue weighted by molar-refractivity contribution is 7.91. The van der Waals surface area contributed by atoms with Gasteiger partial charge in [0.05, 0.1) is 29.5 Å². The molecule has 290 valence electrons. The van der Waals surface area contributed by atoms with Crippen LogP contribution in [0.5, 0.6) is 11.5 Å². The summed E-state index contributed by atoms with van der Waals surface area (Å²) in [7, 11) is -2.34. The number of nitrogens with one attached hydrogen (secondary N) is 3. The lowest BCUT2D eigenvalue weighted by molar-refractivity contribution is -0.141. The Morgan fingerprint density at radius 1 is 1.13 bits per heavy atom. The molecule has 6 rings (SSSR count). The van der Waals surface area contributed by atoms with Crippen molar-refractivity contribution in [2.24, 2.45) is 17.3 Å². The average Bonchev–Trinajstić information content (AvgIpc) is 4.09. The van der Waals surface area contributed by atoms with Crippen molar-refractivity contribution >= 4 is 44.7 Å². The van der Waals surface area contributed by atoms with Gasteiger partial charge in [0.15, 0.2) is 12.8 Å². The highest BCUT2D eigenvalue weighted by Crippen LogP contribution is 2.46. The van der Waals surface area contributed by atoms with Crippen molar-refractivity contribution in [2.45, 2.75) is 69.5 Å². The number of nitrogens with zero attached hydrogens (tertiary/aromatic N) is 2. The lowest BCUT2D eigenvalue weighted by Crippen LogP contribution is -2.57. The van der Waals surface area contributed by atoms with Gasteiger partial charge in [0.2, 0.25) is 21.8 Å². The van der Waals surface area contributed by atoms with E-state index in [2.05, 4.69) is 27.9 Å². The van der Waals surface area contributed by atoms with Gasteiger partial charge < -0.3 is 29.7 Å². The molecule has 0 spiro atoms. The summed E-state index contributed by atoms with van der Waals surface area (Å²) in [5.74, 6) is -0.188. The molecule has 55 heavy (non-hydrogen) atoms. The van der Waals surface area contributed by atoms with Crippen molar-refractivity contribution in [1.82, 2.24) is 25.2 Å². The second-order valence-corrected chi connectivity index (χ2v) is 17.1. The fourth-order valence-corrected chi connectivity index (χ4v) is 8.12. The first kappa shape index (κ1) is 39.1. The number of likely N-dealkylation sites (tertiary alicyclic amines) is 1. The number of ether oxygens (including phenoxy) is 3. The maximum Gasteiger partial charge on any atom is 0.408 e. The van der Waals surface area contributed by atoms with Gasteiger partial charge in [-0.1, -0.05) is 63.1 Å². The first-order valence-corrected chi connectivity index (χ1v) is 19.5. The molecule has 2 heterocycles. The number of pyridine rings is 1. The van der Waals surface area contributed by atoms with E-state index in [9.17, 15) is 27.6 Å². The SMILES string of the molecule is C#CCOC(=O)N[C@H](C(=O)N1C[C@H](C(=O)N[C@]2(C(=O)NS(=O)(=O)C3CC3)C[C@H]2C=C)C[C@@H]1Oc1cc(-c2ccccc2)nc2cc(OC)ccc12)C(C)(C)C. The monoisotopic (exact) mass is 771 g/mol. The molecule has 5 atom stereocenters. The van der Waals surface area contributed by atoms with Crippen LogP contribution in [0.15, 0.2) is 67.3 Å². The Morgan fingerprint density at radius 3 is 2.47 bits per heavy atom. The molecule has 1 aliphatic heterocycles. The number of amides is 4. The first-order chi connectivity index (χ1) is 26.1. The number of hydrogen-bond acceptors (Lipinski definition) is 10. The number of terminal acetylenes is 1. The molecule has 1 aromatic heterocycles. The Morgan fingerprint density at radius 2 is 1.85 bits per heavy atom. The Kier molecular flexibility index (Phi) is 10.8. The lowest BCUT2D eigenvalue weighted by atomic mass is 9.86. The number of carbonyl (C=O) groups is 4. The van der Waals surface area contributed by atoms with E-state index in [1.165, 1.54) is 11.0 Å². The number of carbonyl (C=O) groups excluding carboxylic acids is 4. The molecule has 0 bridgehead atoms. The van der Waals surface area contributed by atoms with E-state index in [1.807, 2.05) is 30.3 Å². The summed E-state index contributed by atoms with van der Waals surface area (Å²) in [6.07, 6.45) is 5.91. The Hall–Kier alpha value is -5.62. The number of alkyl carbamates (subject to hydrolysis) is 1. The van der Waals surface area contributed by atoms with E-state index in [0.29, 0.717) is 40.9 Å². The van der Waals surface area contributed by atoms with Crippen molar-refractivity contribution in [3.8, 4) is 35.1 Å². The predicted molar refractivity (Wildman–Crippen MR) is 204 cm³/mol. The molecular formula is C40H45N5O9S.